The quantitative estimate of drug-likeness (QED) is 0.444. The molecule has 0 aromatic heterocycles. The first-order chi connectivity index (χ1) is 11.3. The fourth-order valence-corrected chi connectivity index (χ4v) is 1.87. The molecule has 0 spiro atoms. The van der Waals surface area contributed by atoms with Crippen molar-refractivity contribution in [3.8, 4) is 0 Å². The monoisotopic (exact) mass is 373 g/mol. The fraction of sp³-hybridized carbons (Fsp3) is 0.143. The van der Waals surface area contributed by atoms with E-state index in [0.29, 0.717) is 16.8 Å². The smallest absolute Gasteiger partial charge is 0.328 e. The van der Waals surface area contributed by atoms with Gasteiger partial charge in [0, 0.05) is 30.0 Å². The molecular formula is C14H13Cl2N3O5. The standard InChI is InChI=1S/C14H13Cl2N3O5/c15-8-1-2-10(9(16)7-8)17-11(20)3-4-12(21)18-19-13(22)5-6-14(23)24/h1-2,5-7H,3-4H2,(H,17,20)(H,18,21)(H,19,22)(H,23,24). The predicted octanol–water partition coefficient (Wildman–Crippen LogP) is 1.50. The molecule has 128 valence electrons. The Morgan fingerprint density at radius 3 is 2.29 bits per heavy atom. The Morgan fingerprint density at radius 1 is 1.00 bits per heavy atom. The topological polar surface area (TPSA) is 125 Å². The van der Waals surface area contributed by atoms with Crippen LogP contribution in [0, 0.1) is 0 Å². The van der Waals surface area contributed by atoms with Gasteiger partial charge in [-0.1, -0.05) is 23.2 Å². The summed E-state index contributed by atoms with van der Waals surface area (Å²) in [6.07, 6.45) is 1.01. The van der Waals surface area contributed by atoms with E-state index in [1.54, 1.807) is 6.07 Å². The van der Waals surface area contributed by atoms with Crippen molar-refractivity contribution in [2.75, 3.05) is 5.32 Å². The summed E-state index contributed by atoms with van der Waals surface area (Å²) in [4.78, 5) is 44.5. The summed E-state index contributed by atoms with van der Waals surface area (Å²) in [7, 11) is 0. The van der Waals surface area contributed by atoms with E-state index in [4.69, 9.17) is 28.3 Å². The number of aliphatic carboxylic acids is 1. The van der Waals surface area contributed by atoms with Gasteiger partial charge in [-0.2, -0.15) is 0 Å². The summed E-state index contributed by atoms with van der Waals surface area (Å²) in [5.41, 5.74) is 4.37. The maximum atomic E-state index is 11.7. The summed E-state index contributed by atoms with van der Waals surface area (Å²) in [5, 5.41) is 11.5. The summed E-state index contributed by atoms with van der Waals surface area (Å²) in [5.74, 6) is -3.19. The molecule has 0 fully saturated rings. The average molecular weight is 374 g/mol. The molecular weight excluding hydrogens is 361 g/mol. The molecule has 0 aliphatic heterocycles. The van der Waals surface area contributed by atoms with Gasteiger partial charge in [0.05, 0.1) is 10.7 Å². The Kier molecular flexibility index (Phi) is 7.73. The van der Waals surface area contributed by atoms with Gasteiger partial charge in [0.1, 0.15) is 0 Å². The number of anilines is 1. The third kappa shape index (κ3) is 7.61. The molecule has 1 aromatic rings. The van der Waals surface area contributed by atoms with E-state index in [1.807, 2.05) is 10.9 Å². The van der Waals surface area contributed by atoms with Crippen LogP contribution in [0.15, 0.2) is 30.4 Å². The third-order valence-corrected chi connectivity index (χ3v) is 3.03. The van der Waals surface area contributed by atoms with Crippen LogP contribution in [0.5, 0.6) is 0 Å². The fourth-order valence-electron chi connectivity index (χ4n) is 1.41. The van der Waals surface area contributed by atoms with Crippen molar-refractivity contribution in [3.63, 3.8) is 0 Å². The van der Waals surface area contributed by atoms with Crippen molar-refractivity contribution in [1.82, 2.24) is 10.9 Å². The normalized spacial score (nSPS) is 10.2. The van der Waals surface area contributed by atoms with E-state index >= 15 is 0 Å². The minimum atomic E-state index is -1.30. The van der Waals surface area contributed by atoms with Crippen LogP contribution < -0.4 is 16.2 Å². The zero-order chi connectivity index (χ0) is 18.1. The van der Waals surface area contributed by atoms with Crippen LogP contribution in [0.2, 0.25) is 10.0 Å². The number of hydrogen-bond donors (Lipinski definition) is 4. The van der Waals surface area contributed by atoms with Gasteiger partial charge < -0.3 is 10.4 Å². The number of amides is 3. The van der Waals surface area contributed by atoms with Crippen molar-refractivity contribution in [3.05, 3.63) is 40.4 Å². The van der Waals surface area contributed by atoms with E-state index in [0.717, 1.165) is 6.08 Å². The molecule has 0 unspecified atom stereocenters. The second kappa shape index (κ2) is 9.53. The number of carboxylic acids is 1. The third-order valence-electron chi connectivity index (χ3n) is 2.49. The van der Waals surface area contributed by atoms with E-state index < -0.39 is 23.7 Å². The highest BCUT2D eigenvalue weighted by atomic mass is 35.5. The molecule has 8 nitrogen and oxygen atoms in total. The number of benzene rings is 1. The SMILES string of the molecule is O=C(O)C=CC(=O)NNC(=O)CCC(=O)Nc1ccc(Cl)cc1Cl. The van der Waals surface area contributed by atoms with Gasteiger partial charge in [-0.3, -0.25) is 25.2 Å². The number of halogens is 2. The first kappa shape index (κ1) is 19.5. The summed E-state index contributed by atoms with van der Waals surface area (Å²) >= 11 is 11.6. The van der Waals surface area contributed by atoms with Crippen LogP contribution in [0.25, 0.3) is 0 Å². The van der Waals surface area contributed by atoms with E-state index in [-0.39, 0.29) is 17.9 Å². The zero-order valence-corrected chi connectivity index (χ0v) is 13.6. The molecule has 0 saturated carbocycles. The van der Waals surface area contributed by atoms with Crippen molar-refractivity contribution in [1.29, 1.82) is 0 Å². The highest BCUT2D eigenvalue weighted by Gasteiger charge is 2.10. The minimum absolute atomic E-state index is 0.147. The van der Waals surface area contributed by atoms with Crippen LogP contribution in [0.3, 0.4) is 0 Å². The molecule has 1 aromatic carbocycles. The van der Waals surface area contributed by atoms with Crippen molar-refractivity contribution in [2.45, 2.75) is 12.8 Å². The highest BCUT2D eigenvalue weighted by molar-refractivity contribution is 6.36. The van der Waals surface area contributed by atoms with Gasteiger partial charge in [-0.15, -0.1) is 0 Å². The predicted molar refractivity (Wildman–Crippen MR) is 87.4 cm³/mol. The Balaban J connectivity index is 2.34. The second-order valence-electron chi connectivity index (χ2n) is 4.38. The molecule has 4 N–H and O–H groups in total. The lowest BCUT2D eigenvalue weighted by atomic mass is 10.2. The minimum Gasteiger partial charge on any atom is -0.478 e. The molecule has 0 radical (unpaired) electrons. The van der Waals surface area contributed by atoms with Crippen LogP contribution in [-0.4, -0.2) is 28.8 Å². The molecule has 0 saturated heterocycles. The molecule has 0 atom stereocenters. The van der Waals surface area contributed by atoms with Crippen LogP contribution in [0.1, 0.15) is 12.8 Å². The van der Waals surface area contributed by atoms with Crippen LogP contribution >= 0.6 is 23.2 Å². The maximum absolute atomic E-state index is 11.7. The summed E-state index contributed by atoms with van der Waals surface area (Å²) < 4.78 is 0. The lowest BCUT2D eigenvalue weighted by molar-refractivity contribution is -0.131. The number of carbonyl (C=O) groups excluding carboxylic acids is 3. The second-order valence-corrected chi connectivity index (χ2v) is 5.22. The zero-order valence-electron chi connectivity index (χ0n) is 12.1. The Morgan fingerprint density at radius 2 is 1.67 bits per heavy atom. The van der Waals surface area contributed by atoms with E-state index in [2.05, 4.69) is 5.32 Å². The Hall–Kier alpha value is -2.58. The van der Waals surface area contributed by atoms with Gasteiger partial charge in [-0.05, 0) is 18.2 Å². The molecule has 0 heterocycles. The lowest BCUT2D eigenvalue weighted by Gasteiger charge is -2.08. The highest BCUT2D eigenvalue weighted by Crippen LogP contribution is 2.25. The van der Waals surface area contributed by atoms with Gasteiger partial charge in [0.2, 0.25) is 11.8 Å². The molecule has 0 aliphatic rings. The van der Waals surface area contributed by atoms with Crippen molar-refractivity contribution in [2.24, 2.45) is 0 Å². The van der Waals surface area contributed by atoms with Crippen LogP contribution in [-0.2, 0) is 19.2 Å². The number of nitrogens with one attached hydrogen (secondary N) is 3. The molecule has 0 bridgehead atoms. The first-order valence-corrected chi connectivity index (χ1v) is 7.28. The van der Waals surface area contributed by atoms with Gasteiger partial charge in [0.15, 0.2) is 0 Å². The van der Waals surface area contributed by atoms with E-state index in [1.165, 1.54) is 12.1 Å². The van der Waals surface area contributed by atoms with Crippen molar-refractivity contribution >= 4 is 52.6 Å². The van der Waals surface area contributed by atoms with Gasteiger partial charge in [-0.25, -0.2) is 4.79 Å². The molecule has 24 heavy (non-hydrogen) atoms. The number of carboxylic acid groups (broad SMARTS) is 1. The summed E-state index contributed by atoms with van der Waals surface area (Å²) in [6.45, 7) is 0. The Bertz CT molecular complexity index is 691. The molecule has 10 heteroatoms. The first-order valence-electron chi connectivity index (χ1n) is 6.52. The number of hydrogen-bond acceptors (Lipinski definition) is 4. The maximum Gasteiger partial charge on any atom is 0.328 e. The van der Waals surface area contributed by atoms with Gasteiger partial charge >= 0.3 is 5.97 Å². The number of rotatable bonds is 6. The van der Waals surface area contributed by atoms with E-state index in [9.17, 15) is 19.2 Å². The molecule has 3 amide bonds. The summed E-state index contributed by atoms with van der Waals surface area (Å²) in [6, 6.07) is 4.54. The van der Waals surface area contributed by atoms with Crippen molar-refractivity contribution < 1.29 is 24.3 Å². The largest absolute Gasteiger partial charge is 0.478 e. The molecule has 1 rings (SSSR count). The average Bonchev–Trinajstić information content (AvgIpc) is 2.51. The Labute approximate surface area is 146 Å². The molecule has 0 aliphatic carbocycles. The van der Waals surface area contributed by atoms with Crippen LogP contribution in [0.4, 0.5) is 5.69 Å². The number of carbonyl (C=O) groups is 4. The lowest BCUT2D eigenvalue weighted by Crippen LogP contribution is -2.41. The number of hydrazine groups is 1. The van der Waals surface area contributed by atoms with Gasteiger partial charge in [0.25, 0.3) is 5.91 Å².